The molecule has 0 saturated carbocycles. The second-order valence-electron chi connectivity index (χ2n) is 8.06. The van der Waals surface area contributed by atoms with Crippen molar-refractivity contribution in [2.75, 3.05) is 61.5 Å². The molecular weight excluding hydrogens is 414 g/mol. The number of ether oxygens (including phenoxy) is 1. The van der Waals surface area contributed by atoms with Crippen molar-refractivity contribution >= 4 is 24.1 Å². The average Bonchev–Trinajstić information content (AvgIpc) is 2.82. The molecule has 1 aromatic heterocycles. The predicted octanol–water partition coefficient (Wildman–Crippen LogP) is 0.389. The first-order valence-corrected chi connectivity index (χ1v) is 10.6. The number of aliphatic hydroxyl groups is 2. The molecule has 1 aromatic carbocycles. The van der Waals surface area contributed by atoms with E-state index in [1.807, 2.05) is 36.4 Å². The van der Waals surface area contributed by atoms with E-state index in [0.29, 0.717) is 39.1 Å². The molecule has 2 saturated heterocycles. The van der Waals surface area contributed by atoms with Crippen molar-refractivity contribution in [3.63, 3.8) is 0 Å². The Morgan fingerprint density at radius 2 is 1.75 bits per heavy atom. The van der Waals surface area contributed by atoms with E-state index in [1.54, 1.807) is 0 Å². The van der Waals surface area contributed by atoms with Gasteiger partial charge in [-0.25, -0.2) is 0 Å². The Kier molecular flexibility index (Phi) is 8.20. The summed E-state index contributed by atoms with van der Waals surface area (Å²) < 4.78 is 5.43. The van der Waals surface area contributed by atoms with Gasteiger partial charge in [-0.15, -0.1) is 0 Å². The summed E-state index contributed by atoms with van der Waals surface area (Å²) in [6, 6.07) is 11.9. The van der Waals surface area contributed by atoms with Crippen molar-refractivity contribution in [3.8, 4) is 0 Å². The smallest absolute Gasteiger partial charge is 0.290 e. The fraction of sp³-hybridized carbons (Fsp3) is 0.500. The number of nitrogens with zero attached hydrogens (tertiary/aromatic N) is 4. The number of benzene rings is 1. The summed E-state index contributed by atoms with van der Waals surface area (Å²) in [7, 11) is 0. The van der Waals surface area contributed by atoms with Gasteiger partial charge in [-0.05, 0) is 18.4 Å². The highest BCUT2D eigenvalue weighted by molar-refractivity contribution is 5.54. The lowest BCUT2D eigenvalue weighted by molar-refractivity contribution is -0.122. The molecule has 2 atom stereocenters. The SMILES string of the molecule is Nc1nc(N2CCOCC2)cc(N2CC[C@@H](O)[C@@](CO)(Cc3ccccc3)C2)n1.O=CO. The number of rotatable bonds is 5. The van der Waals surface area contributed by atoms with Crippen molar-refractivity contribution in [2.24, 2.45) is 5.41 Å². The van der Waals surface area contributed by atoms with Crippen LogP contribution in [-0.2, 0) is 16.0 Å². The molecule has 174 valence electrons. The van der Waals surface area contributed by atoms with Crippen molar-refractivity contribution in [1.29, 1.82) is 0 Å². The molecule has 0 bridgehead atoms. The van der Waals surface area contributed by atoms with Gasteiger partial charge in [0, 0.05) is 37.7 Å². The maximum Gasteiger partial charge on any atom is 0.290 e. The van der Waals surface area contributed by atoms with Crippen molar-refractivity contribution in [2.45, 2.75) is 18.9 Å². The van der Waals surface area contributed by atoms with Crippen LogP contribution in [0.5, 0.6) is 0 Å². The van der Waals surface area contributed by atoms with Crippen LogP contribution in [0.3, 0.4) is 0 Å². The molecule has 2 aliphatic rings. The van der Waals surface area contributed by atoms with Gasteiger partial charge in [0.1, 0.15) is 11.6 Å². The molecule has 3 heterocycles. The van der Waals surface area contributed by atoms with Crippen LogP contribution in [0.15, 0.2) is 36.4 Å². The Balaban J connectivity index is 0.000000913. The summed E-state index contributed by atoms with van der Waals surface area (Å²) in [6.07, 6.45) is 0.574. The first-order chi connectivity index (χ1) is 15.5. The van der Waals surface area contributed by atoms with E-state index in [1.165, 1.54) is 0 Å². The summed E-state index contributed by atoms with van der Waals surface area (Å²) in [5, 5.41) is 28.0. The minimum absolute atomic E-state index is 0.101. The van der Waals surface area contributed by atoms with Crippen LogP contribution in [0.2, 0.25) is 0 Å². The minimum atomic E-state index is -0.654. The number of carboxylic acid groups (broad SMARTS) is 1. The van der Waals surface area contributed by atoms with Crippen molar-refractivity contribution in [3.05, 3.63) is 42.0 Å². The number of nitrogens with two attached hydrogens (primary N) is 1. The van der Waals surface area contributed by atoms with E-state index in [4.69, 9.17) is 20.4 Å². The third kappa shape index (κ3) is 5.64. The van der Waals surface area contributed by atoms with Gasteiger partial charge in [-0.3, -0.25) is 4.79 Å². The first-order valence-electron chi connectivity index (χ1n) is 10.6. The Morgan fingerprint density at radius 3 is 2.38 bits per heavy atom. The number of anilines is 3. The molecule has 10 heteroatoms. The molecule has 0 amide bonds. The quantitative estimate of drug-likeness (QED) is 0.477. The lowest BCUT2D eigenvalue weighted by atomic mass is 9.73. The molecule has 2 aromatic rings. The highest BCUT2D eigenvalue weighted by atomic mass is 16.5. The standard InChI is InChI=1S/C21H29N5O3.CH2O2/c22-20-23-18(25-8-10-29-11-9-25)12-19(24-20)26-7-6-17(28)21(14-26,15-27)13-16-4-2-1-3-5-16;2-1-3/h1-5,12,17,27-28H,6-11,13-15H2,(H2,22,23,24);1H,(H,2,3)/t17-,21+;/m1./s1. The number of nitrogen functional groups attached to an aromatic ring is 1. The molecule has 0 spiro atoms. The van der Waals surface area contributed by atoms with Gasteiger partial charge in [-0.1, -0.05) is 30.3 Å². The predicted molar refractivity (Wildman–Crippen MR) is 121 cm³/mol. The van der Waals surface area contributed by atoms with E-state index < -0.39 is 11.5 Å². The first kappa shape index (κ1) is 23.7. The lowest BCUT2D eigenvalue weighted by Gasteiger charge is -2.46. The van der Waals surface area contributed by atoms with E-state index in [2.05, 4.69) is 19.8 Å². The fourth-order valence-electron chi connectivity index (χ4n) is 4.29. The fourth-order valence-corrected chi connectivity index (χ4v) is 4.29. The number of hydrogen-bond acceptors (Lipinski definition) is 9. The van der Waals surface area contributed by atoms with Gasteiger partial charge in [0.15, 0.2) is 0 Å². The van der Waals surface area contributed by atoms with Crippen LogP contribution in [-0.4, -0.2) is 83.9 Å². The van der Waals surface area contributed by atoms with Gasteiger partial charge in [0.05, 0.1) is 25.9 Å². The highest BCUT2D eigenvalue weighted by Gasteiger charge is 2.43. The molecule has 10 nitrogen and oxygen atoms in total. The number of aromatic nitrogens is 2. The zero-order chi connectivity index (χ0) is 23.0. The zero-order valence-corrected chi connectivity index (χ0v) is 18.0. The van der Waals surface area contributed by atoms with Gasteiger partial charge >= 0.3 is 0 Å². The largest absolute Gasteiger partial charge is 0.483 e. The Morgan fingerprint density at radius 1 is 1.12 bits per heavy atom. The molecule has 5 N–H and O–H groups in total. The molecule has 2 fully saturated rings. The van der Waals surface area contributed by atoms with E-state index in [9.17, 15) is 10.2 Å². The van der Waals surface area contributed by atoms with Gasteiger partial charge in [-0.2, -0.15) is 9.97 Å². The van der Waals surface area contributed by atoms with E-state index in [-0.39, 0.29) is 19.0 Å². The van der Waals surface area contributed by atoms with Crippen LogP contribution in [0, 0.1) is 5.41 Å². The summed E-state index contributed by atoms with van der Waals surface area (Å²) in [6.45, 7) is 3.66. The van der Waals surface area contributed by atoms with E-state index >= 15 is 0 Å². The van der Waals surface area contributed by atoms with Crippen molar-refractivity contribution in [1.82, 2.24) is 9.97 Å². The second-order valence-corrected chi connectivity index (χ2v) is 8.06. The number of carbonyl (C=O) groups is 1. The Labute approximate surface area is 187 Å². The summed E-state index contributed by atoms with van der Waals surface area (Å²) in [4.78, 5) is 21.5. The third-order valence-corrected chi connectivity index (χ3v) is 5.97. The van der Waals surface area contributed by atoms with Crippen LogP contribution in [0.4, 0.5) is 17.6 Å². The summed E-state index contributed by atoms with van der Waals surface area (Å²) in [5.41, 5.74) is 6.46. The minimum Gasteiger partial charge on any atom is -0.483 e. The van der Waals surface area contributed by atoms with Crippen LogP contribution in [0.25, 0.3) is 0 Å². The third-order valence-electron chi connectivity index (χ3n) is 5.97. The molecule has 32 heavy (non-hydrogen) atoms. The average molecular weight is 446 g/mol. The molecule has 0 radical (unpaired) electrons. The van der Waals surface area contributed by atoms with E-state index in [0.717, 1.165) is 30.3 Å². The highest BCUT2D eigenvalue weighted by Crippen LogP contribution is 2.36. The number of morpholine rings is 1. The normalized spacial score (nSPS) is 23.2. The zero-order valence-electron chi connectivity index (χ0n) is 18.0. The van der Waals surface area contributed by atoms with Crippen LogP contribution >= 0.6 is 0 Å². The van der Waals surface area contributed by atoms with Gasteiger partial charge in [0.25, 0.3) is 6.47 Å². The monoisotopic (exact) mass is 445 g/mol. The maximum absolute atomic E-state index is 10.8. The van der Waals surface area contributed by atoms with Crippen LogP contribution < -0.4 is 15.5 Å². The summed E-state index contributed by atoms with van der Waals surface area (Å²) in [5.74, 6) is 1.75. The topological polar surface area (TPSA) is 145 Å². The molecular formula is C22H31N5O5. The van der Waals surface area contributed by atoms with Gasteiger partial charge in [0.2, 0.25) is 5.95 Å². The second kappa shape index (κ2) is 11.1. The van der Waals surface area contributed by atoms with Crippen LogP contribution in [0.1, 0.15) is 12.0 Å². The molecule has 2 aliphatic heterocycles. The lowest BCUT2D eigenvalue weighted by Crippen LogP contribution is -2.55. The number of hydrogen-bond donors (Lipinski definition) is 4. The van der Waals surface area contributed by atoms with Crippen molar-refractivity contribution < 1.29 is 24.9 Å². The molecule has 0 aliphatic carbocycles. The number of piperidine rings is 1. The summed E-state index contributed by atoms with van der Waals surface area (Å²) >= 11 is 0. The maximum atomic E-state index is 10.8. The molecule has 4 rings (SSSR count). The molecule has 0 unspecified atom stereocenters. The number of aliphatic hydroxyl groups excluding tert-OH is 2. The Hall–Kier alpha value is -2.95. The van der Waals surface area contributed by atoms with Gasteiger partial charge < -0.3 is 35.6 Å². The Bertz CT molecular complexity index is 865.